The van der Waals surface area contributed by atoms with E-state index in [-0.39, 0.29) is 0 Å². The molecule has 0 aromatic carbocycles. The van der Waals surface area contributed by atoms with Crippen molar-refractivity contribution in [1.82, 2.24) is 0 Å². The van der Waals surface area contributed by atoms with E-state index < -0.39 is 0 Å². The summed E-state index contributed by atoms with van der Waals surface area (Å²) in [5.41, 5.74) is 0.641. The predicted molar refractivity (Wildman–Crippen MR) is 69.0 cm³/mol. The second-order valence-electron chi connectivity index (χ2n) is 6.29. The van der Waals surface area contributed by atoms with Crippen molar-refractivity contribution < 1.29 is 0 Å². The van der Waals surface area contributed by atoms with Gasteiger partial charge in [0.05, 0.1) is 0 Å². The third-order valence-electron chi connectivity index (χ3n) is 4.71. The summed E-state index contributed by atoms with van der Waals surface area (Å²) < 4.78 is 0. The van der Waals surface area contributed by atoms with Gasteiger partial charge in [-0.1, -0.05) is 53.9 Å². The molecule has 15 heavy (non-hydrogen) atoms. The minimum absolute atomic E-state index is 0.641. The molecular formula is C15H30. The zero-order valence-electron chi connectivity index (χ0n) is 11.5. The van der Waals surface area contributed by atoms with Crippen molar-refractivity contribution >= 4 is 0 Å². The van der Waals surface area contributed by atoms with E-state index in [9.17, 15) is 0 Å². The maximum Gasteiger partial charge on any atom is -0.0293 e. The molecule has 4 atom stereocenters. The van der Waals surface area contributed by atoms with E-state index in [1.54, 1.807) is 0 Å². The van der Waals surface area contributed by atoms with Gasteiger partial charge in [-0.05, 0) is 42.4 Å². The lowest BCUT2D eigenvalue weighted by atomic mass is 9.57. The van der Waals surface area contributed by atoms with E-state index in [2.05, 4.69) is 34.6 Å². The first kappa shape index (κ1) is 13.1. The van der Waals surface area contributed by atoms with Crippen LogP contribution in [-0.2, 0) is 0 Å². The van der Waals surface area contributed by atoms with Crippen LogP contribution < -0.4 is 0 Å². The van der Waals surface area contributed by atoms with Crippen LogP contribution in [0.25, 0.3) is 0 Å². The third-order valence-corrected chi connectivity index (χ3v) is 4.71. The van der Waals surface area contributed by atoms with Gasteiger partial charge >= 0.3 is 0 Å². The van der Waals surface area contributed by atoms with E-state index in [0.29, 0.717) is 5.41 Å². The zero-order chi connectivity index (χ0) is 11.5. The van der Waals surface area contributed by atoms with Crippen LogP contribution in [0.4, 0.5) is 0 Å². The summed E-state index contributed by atoms with van der Waals surface area (Å²) in [6, 6.07) is 0. The summed E-state index contributed by atoms with van der Waals surface area (Å²) >= 11 is 0. The predicted octanol–water partition coefficient (Wildman–Crippen LogP) is 5.28. The minimum Gasteiger partial charge on any atom is -0.0654 e. The number of rotatable bonds is 4. The monoisotopic (exact) mass is 210 g/mol. The summed E-state index contributed by atoms with van der Waals surface area (Å²) in [6.07, 6.45) is 8.54. The molecule has 1 rings (SSSR count). The molecule has 0 aromatic heterocycles. The Balaban J connectivity index is 2.70. The molecule has 0 spiro atoms. The fourth-order valence-electron chi connectivity index (χ4n) is 4.28. The number of unbranched alkanes of at least 4 members (excludes halogenated alkanes) is 1. The van der Waals surface area contributed by atoms with Crippen LogP contribution in [0.3, 0.4) is 0 Å². The molecule has 0 nitrogen and oxygen atoms in total. The van der Waals surface area contributed by atoms with E-state index in [4.69, 9.17) is 0 Å². The van der Waals surface area contributed by atoms with E-state index in [0.717, 1.165) is 17.8 Å². The third kappa shape index (κ3) is 2.98. The molecule has 1 saturated carbocycles. The molecule has 0 aromatic rings. The van der Waals surface area contributed by atoms with Crippen molar-refractivity contribution in [3.8, 4) is 0 Å². The Morgan fingerprint density at radius 2 is 1.87 bits per heavy atom. The van der Waals surface area contributed by atoms with Crippen LogP contribution in [0, 0.1) is 23.2 Å². The Kier molecular flexibility index (Phi) is 4.67. The first-order chi connectivity index (χ1) is 7.03. The summed E-state index contributed by atoms with van der Waals surface area (Å²) in [7, 11) is 0. The van der Waals surface area contributed by atoms with E-state index in [1.165, 1.54) is 38.5 Å². The largest absolute Gasteiger partial charge is 0.0654 e. The van der Waals surface area contributed by atoms with Crippen LogP contribution in [0.15, 0.2) is 0 Å². The molecule has 0 heterocycles. The molecule has 0 heteroatoms. The summed E-state index contributed by atoms with van der Waals surface area (Å²) in [4.78, 5) is 0. The van der Waals surface area contributed by atoms with Crippen LogP contribution in [0.5, 0.6) is 0 Å². The summed E-state index contributed by atoms with van der Waals surface area (Å²) in [5.74, 6) is 2.87. The molecule has 0 bridgehead atoms. The van der Waals surface area contributed by atoms with Gasteiger partial charge < -0.3 is 0 Å². The summed E-state index contributed by atoms with van der Waals surface area (Å²) in [5, 5.41) is 0. The molecule has 0 saturated heterocycles. The molecule has 0 aliphatic heterocycles. The molecule has 2 unspecified atom stereocenters. The van der Waals surface area contributed by atoms with Crippen molar-refractivity contribution in [1.29, 1.82) is 0 Å². The lowest BCUT2D eigenvalue weighted by Crippen LogP contribution is -2.38. The normalized spacial score (nSPS) is 41.8. The van der Waals surface area contributed by atoms with Gasteiger partial charge in [-0.2, -0.15) is 0 Å². The highest BCUT2D eigenvalue weighted by molar-refractivity contribution is 4.91. The van der Waals surface area contributed by atoms with Crippen molar-refractivity contribution in [2.75, 3.05) is 0 Å². The van der Waals surface area contributed by atoms with Gasteiger partial charge in [0.15, 0.2) is 0 Å². The van der Waals surface area contributed by atoms with Gasteiger partial charge in [0.2, 0.25) is 0 Å². The molecule has 0 amide bonds. The Morgan fingerprint density at radius 1 is 1.20 bits per heavy atom. The molecule has 1 aliphatic rings. The number of hydrogen-bond donors (Lipinski definition) is 0. The number of hydrogen-bond acceptors (Lipinski definition) is 0. The smallest absolute Gasteiger partial charge is 0.0293 e. The molecule has 1 aliphatic carbocycles. The van der Waals surface area contributed by atoms with E-state index in [1.807, 2.05) is 0 Å². The topological polar surface area (TPSA) is 0 Å². The zero-order valence-corrected chi connectivity index (χ0v) is 11.5. The Labute approximate surface area is 96.8 Å². The molecule has 0 radical (unpaired) electrons. The van der Waals surface area contributed by atoms with Gasteiger partial charge in [-0.3, -0.25) is 0 Å². The molecule has 0 N–H and O–H groups in total. The van der Waals surface area contributed by atoms with Gasteiger partial charge in [-0.25, -0.2) is 0 Å². The highest BCUT2D eigenvalue weighted by Gasteiger charge is 2.40. The Morgan fingerprint density at radius 3 is 2.40 bits per heavy atom. The van der Waals surface area contributed by atoms with Crippen molar-refractivity contribution in [3.63, 3.8) is 0 Å². The van der Waals surface area contributed by atoms with Crippen LogP contribution in [0.1, 0.15) is 73.1 Å². The Bertz CT molecular complexity index is 184. The van der Waals surface area contributed by atoms with Crippen LogP contribution in [-0.4, -0.2) is 0 Å². The summed E-state index contributed by atoms with van der Waals surface area (Å²) in [6.45, 7) is 12.2. The molecule has 1 fully saturated rings. The standard InChI is InChI=1S/C15H30/c1-6-8-9-15(5)11-12(3)10-13(4)14(15)7-2/h12-14H,6-11H2,1-5H3/t12?,13-,14-,15?/m1/s1. The lowest BCUT2D eigenvalue weighted by Gasteiger charge is -2.48. The SMILES string of the molecule is CCCCC1(C)CC(C)C[C@@H](C)[C@H]1CC. The lowest BCUT2D eigenvalue weighted by molar-refractivity contribution is 0.0231. The quantitative estimate of drug-likeness (QED) is 0.592. The van der Waals surface area contributed by atoms with Crippen LogP contribution in [0.2, 0.25) is 0 Å². The molecule has 90 valence electrons. The second-order valence-corrected chi connectivity index (χ2v) is 6.29. The van der Waals surface area contributed by atoms with E-state index >= 15 is 0 Å². The van der Waals surface area contributed by atoms with Gasteiger partial charge in [0, 0.05) is 0 Å². The first-order valence-electron chi connectivity index (χ1n) is 7.03. The Hall–Kier alpha value is 0. The van der Waals surface area contributed by atoms with Crippen molar-refractivity contribution in [2.24, 2.45) is 23.2 Å². The first-order valence-corrected chi connectivity index (χ1v) is 7.03. The fraction of sp³-hybridized carbons (Fsp3) is 1.00. The minimum atomic E-state index is 0.641. The molecular weight excluding hydrogens is 180 g/mol. The van der Waals surface area contributed by atoms with Crippen molar-refractivity contribution in [3.05, 3.63) is 0 Å². The van der Waals surface area contributed by atoms with Crippen molar-refractivity contribution in [2.45, 2.75) is 73.1 Å². The van der Waals surface area contributed by atoms with Gasteiger partial charge in [-0.15, -0.1) is 0 Å². The van der Waals surface area contributed by atoms with Gasteiger partial charge in [0.1, 0.15) is 0 Å². The van der Waals surface area contributed by atoms with Gasteiger partial charge in [0.25, 0.3) is 0 Å². The fourth-order valence-corrected chi connectivity index (χ4v) is 4.28. The maximum atomic E-state index is 2.56. The average molecular weight is 210 g/mol. The highest BCUT2D eigenvalue weighted by atomic mass is 14.5. The highest BCUT2D eigenvalue weighted by Crippen LogP contribution is 2.50. The average Bonchev–Trinajstić information content (AvgIpc) is 2.14. The second kappa shape index (κ2) is 5.37. The maximum absolute atomic E-state index is 2.56. The van der Waals surface area contributed by atoms with Crippen LogP contribution >= 0.6 is 0 Å².